The molecule has 0 amide bonds. The Kier molecular flexibility index (Phi) is 9.91. The lowest BCUT2D eigenvalue weighted by atomic mass is 9.72. The number of aromatic nitrogens is 4. The zero-order chi connectivity index (χ0) is 36.7. The van der Waals surface area contributed by atoms with Crippen LogP contribution in [0.4, 0.5) is 0 Å². The van der Waals surface area contributed by atoms with Crippen LogP contribution < -0.4 is 4.74 Å². The summed E-state index contributed by atoms with van der Waals surface area (Å²) in [6.45, 7) is 20.7. The van der Waals surface area contributed by atoms with Gasteiger partial charge >= 0.3 is 0 Å². The lowest BCUT2D eigenvalue weighted by molar-refractivity contribution is 0.389. The van der Waals surface area contributed by atoms with Gasteiger partial charge in [0, 0.05) is 46.3 Å². The maximum absolute atomic E-state index is 6.87. The van der Waals surface area contributed by atoms with Crippen molar-refractivity contribution in [2.75, 3.05) is 0 Å². The number of hydrogen-bond acceptors (Lipinski definition) is 3. The second-order valence-electron chi connectivity index (χ2n) is 16.4. The fraction of sp³-hybridized carbons (Fsp3) is 0.404. The molecule has 0 fully saturated rings. The first-order valence-electron chi connectivity index (χ1n) is 19.6. The van der Waals surface area contributed by atoms with Crippen molar-refractivity contribution in [3.05, 3.63) is 119 Å². The molecule has 0 saturated carbocycles. The first-order chi connectivity index (χ1) is 25.0. The quantitative estimate of drug-likeness (QED) is 0.134. The number of pyridine rings is 1. The van der Waals surface area contributed by atoms with Crippen LogP contribution in [0.3, 0.4) is 0 Å². The van der Waals surface area contributed by atoms with Crippen molar-refractivity contribution in [1.82, 2.24) is 19.3 Å². The predicted octanol–water partition coefficient (Wildman–Crippen LogP) is 12.8. The number of aryl methyl sites for hydroxylation is 2. The number of ether oxygens (including phenoxy) is 1. The Morgan fingerprint density at radius 1 is 0.827 bits per heavy atom. The smallest absolute Gasteiger partial charge is 0.137 e. The molecule has 7 rings (SSSR count). The van der Waals surface area contributed by atoms with Crippen LogP contribution in [0.15, 0.2) is 90.6 Å². The highest BCUT2D eigenvalue weighted by Gasteiger charge is 2.32. The first-order valence-corrected chi connectivity index (χ1v) is 19.6. The monoisotopic (exact) mass is 692 g/mol. The molecule has 3 heterocycles. The standard InChI is InChI=1S/C47H56N4O/c1-10-12-17-42-46(45-31(4)23-30(3)24-32(45)5)33(6)49-51(42)36-26-35(47(7,8)9)27-38(28-36)52-37-19-20-40-39-16-13-14-18-41(39)50(43(40)29-37)44-25-34(15-11-2)21-22-48-44/h13-14,16,18-23,25-30,32,45H,10-12,15,17,24H2,1-9H3/t30-,32-,45-/m0/s1. The molecule has 270 valence electrons. The summed E-state index contributed by atoms with van der Waals surface area (Å²) in [6, 6.07) is 26.2. The van der Waals surface area contributed by atoms with Crippen LogP contribution in [-0.2, 0) is 18.3 Å². The van der Waals surface area contributed by atoms with Crippen molar-refractivity contribution in [3.8, 4) is 23.0 Å². The fourth-order valence-corrected chi connectivity index (χ4v) is 8.72. The topological polar surface area (TPSA) is 44.9 Å². The van der Waals surface area contributed by atoms with Crippen molar-refractivity contribution in [2.45, 2.75) is 112 Å². The minimum atomic E-state index is -0.0817. The molecule has 1 aliphatic carbocycles. The van der Waals surface area contributed by atoms with Gasteiger partial charge in [0.05, 0.1) is 22.4 Å². The van der Waals surface area contributed by atoms with E-state index in [1.807, 2.05) is 6.20 Å². The summed E-state index contributed by atoms with van der Waals surface area (Å²) >= 11 is 0. The number of nitrogens with zero attached hydrogens (tertiary/aromatic N) is 4. The largest absolute Gasteiger partial charge is 0.457 e. The minimum Gasteiger partial charge on any atom is -0.457 e. The summed E-state index contributed by atoms with van der Waals surface area (Å²) in [7, 11) is 0. The summed E-state index contributed by atoms with van der Waals surface area (Å²) in [6.07, 6.45) is 11.0. The van der Waals surface area contributed by atoms with Gasteiger partial charge in [-0.25, -0.2) is 9.67 Å². The number of allylic oxidation sites excluding steroid dienone is 2. The Bertz CT molecular complexity index is 2260. The number of hydrogen-bond donors (Lipinski definition) is 0. The summed E-state index contributed by atoms with van der Waals surface area (Å²) in [5.41, 5.74) is 11.1. The van der Waals surface area contributed by atoms with Gasteiger partial charge in [-0.15, -0.1) is 0 Å². The normalized spacial score (nSPS) is 17.9. The lowest BCUT2D eigenvalue weighted by Gasteiger charge is -2.32. The highest BCUT2D eigenvalue weighted by Crippen LogP contribution is 2.44. The van der Waals surface area contributed by atoms with Crippen molar-refractivity contribution in [2.24, 2.45) is 11.8 Å². The number of rotatable bonds is 10. The molecule has 5 heteroatoms. The minimum absolute atomic E-state index is 0.0817. The van der Waals surface area contributed by atoms with E-state index in [4.69, 9.17) is 14.8 Å². The van der Waals surface area contributed by atoms with E-state index in [2.05, 4.69) is 150 Å². The number of benzene rings is 3. The number of para-hydroxylation sites is 1. The van der Waals surface area contributed by atoms with Gasteiger partial charge in [-0.05, 0) is 110 Å². The second kappa shape index (κ2) is 14.4. The summed E-state index contributed by atoms with van der Waals surface area (Å²) < 4.78 is 11.4. The van der Waals surface area contributed by atoms with Crippen molar-refractivity contribution in [3.63, 3.8) is 0 Å². The third kappa shape index (κ3) is 6.83. The van der Waals surface area contributed by atoms with Crippen LogP contribution in [0.2, 0.25) is 0 Å². The van der Waals surface area contributed by atoms with Crippen LogP contribution in [0.1, 0.15) is 115 Å². The van der Waals surface area contributed by atoms with E-state index in [0.29, 0.717) is 17.8 Å². The average Bonchev–Trinajstić information content (AvgIpc) is 3.60. The Morgan fingerprint density at radius 2 is 1.62 bits per heavy atom. The van der Waals surface area contributed by atoms with Gasteiger partial charge in [0.2, 0.25) is 0 Å². The van der Waals surface area contributed by atoms with E-state index >= 15 is 0 Å². The van der Waals surface area contributed by atoms with Crippen molar-refractivity contribution < 1.29 is 4.74 Å². The van der Waals surface area contributed by atoms with Crippen LogP contribution in [0, 0.1) is 18.8 Å². The summed E-state index contributed by atoms with van der Waals surface area (Å²) in [5.74, 6) is 4.14. The molecule has 3 atom stereocenters. The van der Waals surface area contributed by atoms with E-state index in [0.717, 1.165) is 71.8 Å². The highest BCUT2D eigenvalue weighted by atomic mass is 16.5. The van der Waals surface area contributed by atoms with Gasteiger partial charge in [-0.1, -0.05) is 91.2 Å². The summed E-state index contributed by atoms with van der Waals surface area (Å²) in [4.78, 5) is 4.86. The predicted molar refractivity (Wildman–Crippen MR) is 218 cm³/mol. The molecule has 0 N–H and O–H groups in total. The molecule has 0 radical (unpaired) electrons. The van der Waals surface area contributed by atoms with Gasteiger partial charge < -0.3 is 4.74 Å². The molecule has 3 aromatic carbocycles. The van der Waals surface area contributed by atoms with Crippen LogP contribution in [0.5, 0.6) is 11.5 Å². The van der Waals surface area contributed by atoms with Crippen LogP contribution in [0.25, 0.3) is 33.3 Å². The summed E-state index contributed by atoms with van der Waals surface area (Å²) in [5, 5.41) is 7.72. The molecule has 0 saturated heterocycles. The van der Waals surface area contributed by atoms with Gasteiger partial charge in [-0.2, -0.15) is 5.10 Å². The van der Waals surface area contributed by atoms with Gasteiger partial charge in [0.25, 0.3) is 0 Å². The maximum Gasteiger partial charge on any atom is 0.137 e. The Balaban J connectivity index is 1.35. The molecule has 0 unspecified atom stereocenters. The molecule has 5 nitrogen and oxygen atoms in total. The van der Waals surface area contributed by atoms with Crippen LogP contribution >= 0.6 is 0 Å². The van der Waals surface area contributed by atoms with E-state index < -0.39 is 0 Å². The molecule has 0 spiro atoms. The van der Waals surface area contributed by atoms with Crippen molar-refractivity contribution in [1.29, 1.82) is 0 Å². The fourth-order valence-electron chi connectivity index (χ4n) is 8.72. The number of fused-ring (bicyclic) bond motifs is 3. The van der Waals surface area contributed by atoms with E-state index in [9.17, 15) is 0 Å². The lowest BCUT2D eigenvalue weighted by Crippen LogP contribution is -2.21. The molecule has 6 aromatic rings. The average molecular weight is 693 g/mol. The van der Waals surface area contributed by atoms with Gasteiger partial charge in [0.1, 0.15) is 17.3 Å². The molecule has 0 bridgehead atoms. The zero-order valence-electron chi connectivity index (χ0n) is 32.8. The molecule has 0 aliphatic heterocycles. The maximum atomic E-state index is 6.87. The number of unbranched alkanes of at least 4 members (excludes halogenated alkanes) is 1. The molecular formula is C47H56N4O. The third-order valence-corrected chi connectivity index (χ3v) is 11.1. The SMILES string of the molecule is CCCCc1c([C@H]2C(C)=C[C@H](C)C[C@@H]2C)c(C)nn1-c1cc(Oc2ccc3c4ccccc4n(-c4cc(CCC)ccn4)c3c2)cc(C(C)(C)C)c1. The van der Waals surface area contributed by atoms with Gasteiger partial charge in [-0.3, -0.25) is 4.57 Å². The van der Waals surface area contributed by atoms with Crippen molar-refractivity contribution >= 4 is 21.8 Å². The molecular weight excluding hydrogens is 637 g/mol. The van der Waals surface area contributed by atoms with E-state index in [1.165, 1.54) is 45.2 Å². The first kappa shape index (κ1) is 35.7. The van der Waals surface area contributed by atoms with Crippen LogP contribution in [-0.4, -0.2) is 19.3 Å². The molecule has 52 heavy (non-hydrogen) atoms. The van der Waals surface area contributed by atoms with E-state index in [1.54, 1.807) is 0 Å². The zero-order valence-corrected chi connectivity index (χ0v) is 32.8. The van der Waals surface area contributed by atoms with E-state index in [-0.39, 0.29) is 5.41 Å². The molecule has 1 aliphatic rings. The van der Waals surface area contributed by atoms with Gasteiger partial charge in [0.15, 0.2) is 0 Å². The Morgan fingerprint density at radius 3 is 2.37 bits per heavy atom. The third-order valence-electron chi connectivity index (χ3n) is 11.1. The Hall–Kier alpha value is -4.64. The highest BCUT2D eigenvalue weighted by molar-refractivity contribution is 6.09. The molecule has 3 aromatic heterocycles. The Labute approximate surface area is 310 Å². The second-order valence-corrected chi connectivity index (χ2v) is 16.4.